The number of aromatic nitrogens is 6. The maximum atomic E-state index is 15.4. The van der Waals surface area contributed by atoms with Gasteiger partial charge in [0.2, 0.25) is 0 Å². The van der Waals surface area contributed by atoms with E-state index in [1.54, 1.807) is 13.0 Å². The van der Waals surface area contributed by atoms with Crippen LogP contribution in [-0.4, -0.2) is 71.3 Å². The summed E-state index contributed by atoms with van der Waals surface area (Å²) in [5.41, 5.74) is -2.44. The SMILES string of the molecule is C[C@@H](N1CCN(c2ccc(-n3cnn(Cc4ccc(C(F)(F)F)cc4)c3=O)c(F)c2)CC1)[C@](O)(Cn1cncn1)c1ccc(F)cc1F. The first-order valence-corrected chi connectivity index (χ1v) is 14.9. The van der Waals surface area contributed by atoms with Gasteiger partial charge in [-0.1, -0.05) is 18.2 Å². The summed E-state index contributed by atoms with van der Waals surface area (Å²) in [6, 6.07) is 11.1. The molecule has 0 unspecified atom stereocenters. The molecule has 10 nitrogen and oxygen atoms in total. The number of piperazine rings is 1. The molecule has 1 aliphatic rings. The average molecular weight is 673 g/mol. The third-order valence-electron chi connectivity index (χ3n) is 8.72. The molecular weight excluding hydrogens is 642 g/mol. The molecule has 1 saturated heterocycles. The van der Waals surface area contributed by atoms with Crippen LogP contribution < -0.4 is 10.6 Å². The van der Waals surface area contributed by atoms with E-state index in [9.17, 15) is 31.9 Å². The quantitative estimate of drug-likeness (QED) is 0.235. The molecule has 0 amide bonds. The molecule has 1 aliphatic heterocycles. The second kappa shape index (κ2) is 12.9. The summed E-state index contributed by atoms with van der Waals surface area (Å²) in [6.07, 6.45) is -0.646. The van der Waals surface area contributed by atoms with Gasteiger partial charge in [-0.15, -0.1) is 0 Å². The summed E-state index contributed by atoms with van der Waals surface area (Å²) in [5, 5.41) is 20.0. The largest absolute Gasteiger partial charge is 0.416 e. The normalized spacial score (nSPS) is 16.2. The molecule has 6 rings (SSSR count). The molecule has 1 N–H and O–H groups in total. The number of halogens is 6. The van der Waals surface area contributed by atoms with Gasteiger partial charge in [0, 0.05) is 49.5 Å². The summed E-state index contributed by atoms with van der Waals surface area (Å²) in [7, 11) is 0. The molecule has 0 bridgehead atoms. The third-order valence-corrected chi connectivity index (χ3v) is 8.72. The molecule has 5 aromatic rings. The fraction of sp³-hybridized carbons (Fsp3) is 0.312. The topological polar surface area (TPSA) is 97.2 Å². The molecule has 3 aromatic carbocycles. The van der Waals surface area contributed by atoms with Gasteiger partial charge < -0.3 is 10.0 Å². The van der Waals surface area contributed by atoms with Crippen LogP contribution in [0.25, 0.3) is 5.69 Å². The third kappa shape index (κ3) is 6.57. The molecule has 3 heterocycles. The minimum Gasteiger partial charge on any atom is -0.381 e. The van der Waals surface area contributed by atoms with Crippen molar-refractivity contribution in [2.75, 3.05) is 31.1 Å². The monoisotopic (exact) mass is 672 g/mol. The molecule has 2 atom stereocenters. The minimum absolute atomic E-state index is 0.0471. The second-order valence-corrected chi connectivity index (χ2v) is 11.6. The van der Waals surface area contributed by atoms with E-state index in [1.807, 2.05) is 9.80 Å². The van der Waals surface area contributed by atoms with E-state index in [1.165, 1.54) is 47.7 Å². The van der Waals surface area contributed by atoms with E-state index in [0.29, 0.717) is 37.4 Å². The zero-order valence-corrected chi connectivity index (χ0v) is 25.5. The highest BCUT2D eigenvalue weighted by Crippen LogP contribution is 2.34. The van der Waals surface area contributed by atoms with Gasteiger partial charge in [0.15, 0.2) is 0 Å². The lowest BCUT2D eigenvalue weighted by Crippen LogP contribution is -2.57. The maximum absolute atomic E-state index is 15.4. The van der Waals surface area contributed by atoms with Crippen molar-refractivity contribution in [1.29, 1.82) is 0 Å². The highest BCUT2D eigenvalue weighted by Gasteiger charge is 2.42. The summed E-state index contributed by atoms with van der Waals surface area (Å²) in [4.78, 5) is 20.8. The van der Waals surface area contributed by atoms with Crippen molar-refractivity contribution in [3.05, 3.63) is 124 Å². The van der Waals surface area contributed by atoms with Crippen molar-refractivity contribution in [2.24, 2.45) is 0 Å². The molecule has 252 valence electrons. The first-order valence-electron chi connectivity index (χ1n) is 14.9. The first-order chi connectivity index (χ1) is 22.8. The fourth-order valence-corrected chi connectivity index (χ4v) is 5.98. The lowest BCUT2D eigenvalue weighted by Gasteiger charge is -2.45. The van der Waals surface area contributed by atoms with Crippen LogP contribution in [0.2, 0.25) is 0 Å². The lowest BCUT2D eigenvalue weighted by atomic mass is 9.85. The highest BCUT2D eigenvalue weighted by molar-refractivity contribution is 5.52. The predicted octanol–water partition coefficient (Wildman–Crippen LogP) is 4.21. The van der Waals surface area contributed by atoms with E-state index in [0.717, 1.165) is 39.8 Å². The van der Waals surface area contributed by atoms with Crippen molar-refractivity contribution in [3.63, 3.8) is 0 Å². The Bertz CT molecular complexity index is 1940. The summed E-state index contributed by atoms with van der Waals surface area (Å²) >= 11 is 0. The average Bonchev–Trinajstić information content (AvgIpc) is 3.69. The van der Waals surface area contributed by atoms with Crippen LogP contribution in [-0.2, 0) is 24.9 Å². The van der Waals surface area contributed by atoms with Crippen molar-refractivity contribution in [1.82, 2.24) is 34.0 Å². The fourth-order valence-electron chi connectivity index (χ4n) is 5.98. The van der Waals surface area contributed by atoms with Gasteiger partial charge in [-0.25, -0.2) is 36.9 Å². The smallest absolute Gasteiger partial charge is 0.381 e. The minimum atomic E-state index is -4.48. The molecule has 0 saturated carbocycles. The maximum Gasteiger partial charge on any atom is 0.416 e. The Morgan fingerprint density at radius 2 is 1.60 bits per heavy atom. The van der Waals surface area contributed by atoms with Gasteiger partial charge in [0.25, 0.3) is 0 Å². The first kappa shape index (κ1) is 33.0. The van der Waals surface area contributed by atoms with Crippen LogP contribution in [0, 0.1) is 17.5 Å². The summed E-state index contributed by atoms with van der Waals surface area (Å²) in [5.74, 6) is -2.34. The van der Waals surface area contributed by atoms with E-state index < -0.39 is 46.5 Å². The second-order valence-electron chi connectivity index (χ2n) is 11.6. The molecule has 2 aromatic heterocycles. The molecule has 0 spiro atoms. The zero-order valence-electron chi connectivity index (χ0n) is 25.5. The van der Waals surface area contributed by atoms with E-state index >= 15 is 4.39 Å². The van der Waals surface area contributed by atoms with E-state index in [4.69, 9.17) is 0 Å². The number of nitrogens with zero attached hydrogens (tertiary/aromatic N) is 8. The molecule has 48 heavy (non-hydrogen) atoms. The van der Waals surface area contributed by atoms with Crippen LogP contribution in [0.3, 0.4) is 0 Å². The van der Waals surface area contributed by atoms with Gasteiger partial charge in [0.05, 0.1) is 24.3 Å². The Balaban J connectivity index is 1.14. The van der Waals surface area contributed by atoms with Crippen molar-refractivity contribution in [3.8, 4) is 5.69 Å². The molecule has 1 fully saturated rings. The number of rotatable bonds is 9. The summed E-state index contributed by atoms with van der Waals surface area (Å²) in [6.45, 7) is 3.21. The highest BCUT2D eigenvalue weighted by atomic mass is 19.4. The van der Waals surface area contributed by atoms with Gasteiger partial charge in [-0.05, 0) is 48.9 Å². The zero-order chi connectivity index (χ0) is 34.2. The molecule has 16 heteroatoms. The number of hydrogen-bond acceptors (Lipinski definition) is 7. The Kier molecular flexibility index (Phi) is 8.87. The standard InChI is InChI=1S/C32H30F6N8O2/c1-21(31(48,17-44-19-39-18-40-44)26-8-6-24(33)14-27(26)34)42-10-12-43(13-11-42)25-7-9-29(28(35)15-25)45-20-41-46(30(45)47)16-22-2-4-23(5-3-22)32(36,37)38/h2-9,14-15,18-21,48H,10-13,16-17H2,1H3/t21-,31-/m1/s1. The van der Waals surface area contributed by atoms with Gasteiger partial charge >= 0.3 is 11.9 Å². The molecule has 0 radical (unpaired) electrons. The predicted molar refractivity (Wildman–Crippen MR) is 162 cm³/mol. The van der Waals surface area contributed by atoms with Gasteiger partial charge in [-0.3, -0.25) is 4.90 Å². The Labute approximate surface area is 270 Å². The van der Waals surface area contributed by atoms with Crippen LogP contribution in [0.15, 0.2) is 84.4 Å². The van der Waals surface area contributed by atoms with Crippen LogP contribution in [0.5, 0.6) is 0 Å². The van der Waals surface area contributed by atoms with E-state index in [-0.39, 0.29) is 24.3 Å². The number of benzene rings is 3. The lowest BCUT2D eigenvalue weighted by molar-refractivity contribution is -0.137. The molecule has 0 aliphatic carbocycles. The Morgan fingerprint density at radius 1 is 0.875 bits per heavy atom. The van der Waals surface area contributed by atoms with Crippen LogP contribution in [0.4, 0.5) is 32.0 Å². The number of alkyl halides is 3. The number of hydrogen-bond donors (Lipinski definition) is 1. The van der Waals surface area contributed by atoms with Crippen molar-refractivity contribution in [2.45, 2.75) is 37.8 Å². The number of aliphatic hydroxyl groups is 1. The van der Waals surface area contributed by atoms with Gasteiger partial charge in [0.1, 0.15) is 42.0 Å². The van der Waals surface area contributed by atoms with E-state index in [2.05, 4.69) is 15.2 Å². The summed E-state index contributed by atoms with van der Waals surface area (Å²) < 4.78 is 86.2. The van der Waals surface area contributed by atoms with Crippen LogP contribution in [0.1, 0.15) is 23.6 Å². The van der Waals surface area contributed by atoms with Crippen molar-refractivity contribution < 1.29 is 31.4 Å². The van der Waals surface area contributed by atoms with Crippen molar-refractivity contribution >= 4 is 5.69 Å². The van der Waals surface area contributed by atoms with Gasteiger partial charge in [-0.2, -0.15) is 23.4 Å². The van der Waals surface area contributed by atoms with Crippen LogP contribution >= 0.6 is 0 Å². The molecular formula is C32H30F6N8O2. The Morgan fingerprint density at radius 3 is 2.23 bits per heavy atom. The number of anilines is 1. The Hall–Kier alpha value is -4.96.